The second kappa shape index (κ2) is 9.65. The fourth-order valence-corrected chi connectivity index (χ4v) is 5.61. The molecular weight excluding hydrogens is 469 g/mol. The molecule has 0 atom stereocenters. The number of halogens is 2. The van der Waals surface area contributed by atoms with Crippen LogP contribution in [-0.4, -0.2) is 11.2 Å². The van der Waals surface area contributed by atoms with Crippen LogP contribution in [0.1, 0.15) is 11.1 Å². The first-order valence-electron chi connectivity index (χ1n) is 9.58. The first kappa shape index (κ1) is 22.2. The molecule has 0 aliphatic rings. The quantitative estimate of drug-likeness (QED) is 0.113. The summed E-state index contributed by atoms with van der Waals surface area (Å²) in [4.78, 5) is 13.6. The Kier molecular flexibility index (Phi) is 6.69. The molecule has 0 amide bonds. The minimum absolute atomic E-state index is 0.0304. The standard InChI is InChI=1S/C24H17ClFNO3S2/c1-14-5-10-18(24-19(25)3-2-4-20(24)26)16(11-14)12-23(28)30-17-8-6-15(7-9-17)21-13-22(27-29)32-31-21/h2-11,13,29H,12H2,1H3. The SMILES string of the molecule is Cc1ccc(-c2c(F)cccc2Cl)c(CC(=O)Oc2ccc(-c3cc(=NO)ss3)cc2)c1. The molecule has 0 unspecified atom stereocenters. The highest BCUT2D eigenvalue weighted by molar-refractivity contribution is 7.69. The highest BCUT2D eigenvalue weighted by atomic mass is 35.5. The third-order valence-corrected chi connectivity index (χ3v) is 7.37. The largest absolute Gasteiger partial charge is 0.426 e. The zero-order valence-corrected chi connectivity index (χ0v) is 19.2. The van der Waals surface area contributed by atoms with Gasteiger partial charge in [0, 0.05) is 10.4 Å². The van der Waals surface area contributed by atoms with Gasteiger partial charge in [-0.05, 0) is 66.1 Å². The minimum Gasteiger partial charge on any atom is -0.426 e. The van der Waals surface area contributed by atoms with Gasteiger partial charge >= 0.3 is 5.97 Å². The maximum atomic E-state index is 14.5. The summed E-state index contributed by atoms with van der Waals surface area (Å²) >= 11 is 6.24. The normalized spacial score (nSPS) is 11.5. The molecule has 0 radical (unpaired) electrons. The first-order valence-corrected chi connectivity index (χ1v) is 12.1. The number of carbonyl (C=O) groups excluding carboxylic acids is 1. The zero-order chi connectivity index (χ0) is 22.7. The molecule has 0 aliphatic heterocycles. The Hall–Kier alpha value is -3.00. The number of carbonyl (C=O) groups is 1. The Morgan fingerprint density at radius 3 is 2.56 bits per heavy atom. The van der Waals surface area contributed by atoms with Crippen molar-refractivity contribution in [2.24, 2.45) is 5.16 Å². The Labute approximate surface area is 196 Å². The molecular formula is C24H17ClFNO3S2. The lowest BCUT2D eigenvalue weighted by Gasteiger charge is -2.13. The highest BCUT2D eigenvalue weighted by Crippen LogP contribution is 2.34. The molecule has 3 aromatic carbocycles. The van der Waals surface area contributed by atoms with Crippen LogP contribution < -0.4 is 9.41 Å². The number of aryl methyl sites for hydroxylation is 1. The van der Waals surface area contributed by atoms with Gasteiger partial charge in [-0.15, -0.1) is 0 Å². The number of hydrogen-bond donors (Lipinski definition) is 1. The molecule has 0 saturated heterocycles. The first-order chi connectivity index (χ1) is 15.4. The van der Waals surface area contributed by atoms with Gasteiger partial charge in [-0.2, -0.15) is 0 Å². The van der Waals surface area contributed by atoms with E-state index in [1.54, 1.807) is 36.4 Å². The summed E-state index contributed by atoms with van der Waals surface area (Å²) in [6.07, 6.45) is -0.0304. The lowest BCUT2D eigenvalue weighted by molar-refractivity contribution is -0.133. The average molecular weight is 486 g/mol. The van der Waals surface area contributed by atoms with Crippen molar-refractivity contribution in [3.8, 4) is 27.3 Å². The summed E-state index contributed by atoms with van der Waals surface area (Å²) in [5.41, 5.74) is 3.34. The van der Waals surface area contributed by atoms with Gasteiger partial charge in [-0.3, -0.25) is 4.79 Å². The van der Waals surface area contributed by atoms with E-state index < -0.39 is 11.8 Å². The molecule has 32 heavy (non-hydrogen) atoms. The molecule has 4 aromatic rings. The molecule has 162 valence electrons. The van der Waals surface area contributed by atoms with E-state index in [1.807, 2.05) is 31.2 Å². The Morgan fingerprint density at radius 2 is 1.88 bits per heavy atom. The van der Waals surface area contributed by atoms with Crippen LogP contribution in [0.4, 0.5) is 4.39 Å². The number of esters is 1. The van der Waals surface area contributed by atoms with Crippen LogP contribution in [0.25, 0.3) is 21.6 Å². The van der Waals surface area contributed by atoms with Crippen molar-refractivity contribution in [1.82, 2.24) is 0 Å². The summed E-state index contributed by atoms with van der Waals surface area (Å²) in [6.45, 7) is 1.90. The molecule has 0 saturated carbocycles. The van der Waals surface area contributed by atoms with E-state index in [0.717, 1.165) is 16.0 Å². The highest BCUT2D eigenvalue weighted by Gasteiger charge is 2.17. The zero-order valence-electron chi connectivity index (χ0n) is 16.8. The van der Waals surface area contributed by atoms with Crippen LogP contribution in [0.3, 0.4) is 0 Å². The van der Waals surface area contributed by atoms with Crippen molar-refractivity contribution >= 4 is 38.3 Å². The van der Waals surface area contributed by atoms with Gasteiger partial charge in [0.25, 0.3) is 0 Å². The van der Waals surface area contributed by atoms with Crippen LogP contribution in [0.5, 0.6) is 5.75 Å². The van der Waals surface area contributed by atoms with Gasteiger partial charge in [0.05, 0.1) is 11.4 Å². The molecule has 0 bridgehead atoms. The number of rotatable bonds is 5. The maximum absolute atomic E-state index is 14.5. The number of ether oxygens (including phenoxy) is 1. The third kappa shape index (κ3) is 4.91. The van der Waals surface area contributed by atoms with Crippen molar-refractivity contribution in [3.05, 3.63) is 93.4 Å². The molecule has 1 heterocycles. The number of hydrogen-bond acceptors (Lipinski definition) is 6. The fraction of sp³-hybridized carbons (Fsp3) is 0.0833. The molecule has 1 N–H and O–H groups in total. The van der Waals surface area contributed by atoms with E-state index in [0.29, 0.717) is 21.5 Å². The lowest BCUT2D eigenvalue weighted by Crippen LogP contribution is -2.12. The Bertz CT molecular complexity index is 1330. The predicted molar refractivity (Wildman–Crippen MR) is 126 cm³/mol. The van der Waals surface area contributed by atoms with Gasteiger partial charge in [0.1, 0.15) is 11.6 Å². The van der Waals surface area contributed by atoms with Gasteiger partial charge < -0.3 is 9.94 Å². The van der Waals surface area contributed by atoms with Crippen molar-refractivity contribution in [2.75, 3.05) is 0 Å². The third-order valence-electron chi connectivity index (χ3n) is 4.77. The lowest BCUT2D eigenvalue weighted by atomic mass is 9.95. The van der Waals surface area contributed by atoms with Crippen LogP contribution >= 0.6 is 32.3 Å². The average Bonchev–Trinajstić information content (AvgIpc) is 3.25. The Morgan fingerprint density at radius 1 is 1.09 bits per heavy atom. The molecule has 0 aliphatic carbocycles. The van der Waals surface area contributed by atoms with E-state index in [-0.39, 0.29) is 17.0 Å². The number of benzene rings is 3. The van der Waals surface area contributed by atoms with Crippen molar-refractivity contribution in [1.29, 1.82) is 0 Å². The summed E-state index contributed by atoms with van der Waals surface area (Å²) in [5.74, 6) is -0.501. The molecule has 0 spiro atoms. The van der Waals surface area contributed by atoms with Crippen LogP contribution in [-0.2, 0) is 11.2 Å². The van der Waals surface area contributed by atoms with E-state index in [9.17, 15) is 9.18 Å². The van der Waals surface area contributed by atoms with Crippen LogP contribution in [0.15, 0.2) is 71.9 Å². The van der Waals surface area contributed by atoms with Crippen LogP contribution in [0.2, 0.25) is 5.02 Å². The Balaban J connectivity index is 1.54. The fourth-order valence-electron chi connectivity index (χ4n) is 3.30. The molecule has 1 aromatic heterocycles. The number of nitrogens with zero attached hydrogens (tertiary/aromatic N) is 1. The summed E-state index contributed by atoms with van der Waals surface area (Å²) in [6, 6.07) is 18.8. The van der Waals surface area contributed by atoms with E-state index in [2.05, 4.69) is 5.16 Å². The van der Waals surface area contributed by atoms with Crippen LogP contribution in [0, 0.1) is 12.7 Å². The molecule has 4 rings (SSSR count). The second-order valence-electron chi connectivity index (χ2n) is 7.05. The monoisotopic (exact) mass is 485 g/mol. The van der Waals surface area contributed by atoms with Crippen molar-refractivity contribution in [2.45, 2.75) is 13.3 Å². The maximum Gasteiger partial charge on any atom is 0.315 e. The topological polar surface area (TPSA) is 58.9 Å². The van der Waals surface area contributed by atoms with Gasteiger partial charge in [0.2, 0.25) is 0 Å². The molecule has 0 fully saturated rings. The predicted octanol–water partition coefficient (Wildman–Crippen LogP) is 6.68. The van der Waals surface area contributed by atoms with E-state index in [1.165, 1.54) is 26.7 Å². The van der Waals surface area contributed by atoms with Gasteiger partial charge in [-0.1, -0.05) is 67.3 Å². The van der Waals surface area contributed by atoms with E-state index >= 15 is 0 Å². The molecule has 4 nitrogen and oxygen atoms in total. The summed E-state index contributed by atoms with van der Waals surface area (Å²) in [7, 11) is 2.86. The van der Waals surface area contributed by atoms with Crippen molar-refractivity contribution < 1.29 is 19.1 Å². The van der Waals surface area contributed by atoms with Crippen molar-refractivity contribution in [3.63, 3.8) is 0 Å². The smallest absolute Gasteiger partial charge is 0.315 e. The molecule has 8 heteroatoms. The van der Waals surface area contributed by atoms with Gasteiger partial charge in [0.15, 0.2) is 4.67 Å². The summed E-state index contributed by atoms with van der Waals surface area (Å²) < 4.78 is 20.5. The second-order valence-corrected chi connectivity index (χ2v) is 9.64. The van der Waals surface area contributed by atoms with Gasteiger partial charge in [-0.25, -0.2) is 4.39 Å². The summed E-state index contributed by atoms with van der Waals surface area (Å²) in [5, 5.41) is 12.3. The van der Waals surface area contributed by atoms with E-state index in [4.69, 9.17) is 21.5 Å². The minimum atomic E-state index is -0.461.